The Labute approximate surface area is 154 Å². The van der Waals surface area contributed by atoms with Crippen molar-refractivity contribution in [2.24, 2.45) is 0 Å². The molecule has 136 valence electrons. The number of hydrogen-bond donors (Lipinski definition) is 0. The first kappa shape index (κ1) is 16.9. The Hall–Kier alpha value is -3.55. The Kier molecular flexibility index (Phi) is 4.15. The van der Waals surface area contributed by atoms with E-state index < -0.39 is 16.5 Å². The van der Waals surface area contributed by atoms with Crippen molar-refractivity contribution in [2.75, 3.05) is 0 Å². The molecule has 2 aromatic carbocycles. The van der Waals surface area contributed by atoms with E-state index in [0.29, 0.717) is 0 Å². The van der Waals surface area contributed by atoms with Crippen LogP contribution in [0.3, 0.4) is 0 Å². The first-order chi connectivity index (χ1) is 13.1. The first-order valence-corrected chi connectivity index (χ1v) is 8.51. The molecular weight excluding hydrogens is 348 g/mol. The van der Waals surface area contributed by atoms with Crippen molar-refractivity contribution < 1.29 is 14.5 Å². The zero-order valence-corrected chi connectivity index (χ0v) is 14.3. The molecule has 0 aliphatic heterocycles. The van der Waals surface area contributed by atoms with Crippen LogP contribution in [0.25, 0.3) is 5.69 Å². The fraction of sp³-hybridized carbons (Fsp3) is 0.211. The van der Waals surface area contributed by atoms with Crippen LogP contribution in [0.2, 0.25) is 0 Å². The van der Waals surface area contributed by atoms with Crippen LogP contribution in [0.4, 0.5) is 5.69 Å². The van der Waals surface area contributed by atoms with Gasteiger partial charge >= 0.3 is 5.97 Å². The Balaban J connectivity index is 1.64. The lowest BCUT2D eigenvalue weighted by atomic mass is 9.75. The van der Waals surface area contributed by atoms with E-state index in [4.69, 9.17) is 4.74 Å². The predicted molar refractivity (Wildman–Crippen MR) is 95.4 cm³/mol. The Morgan fingerprint density at radius 3 is 2.56 bits per heavy atom. The van der Waals surface area contributed by atoms with Crippen molar-refractivity contribution in [3.63, 3.8) is 0 Å². The first-order valence-electron chi connectivity index (χ1n) is 8.51. The SMILES string of the molecule is O=C(OC1(c2ccccc2)CCC1)c1ccc(-n2cncn2)c([N+](=O)[O-])c1. The summed E-state index contributed by atoms with van der Waals surface area (Å²) >= 11 is 0. The summed E-state index contributed by atoms with van der Waals surface area (Å²) in [5.41, 5.74) is 0.413. The molecule has 0 spiro atoms. The maximum atomic E-state index is 12.7. The van der Waals surface area contributed by atoms with Gasteiger partial charge in [-0.25, -0.2) is 14.5 Å². The van der Waals surface area contributed by atoms with Crippen LogP contribution in [0.15, 0.2) is 61.2 Å². The van der Waals surface area contributed by atoms with Crippen molar-refractivity contribution in [1.82, 2.24) is 14.8 Å². The number of rotatable bonds is 5. The number of benzene rings is 2. The number of nitrogens with zero attached hydrogens (tertiary/aromatic N) is 4. The van der Waals surface area contributed by atoms with E-state index in [1.165, 1.54) is 35.5 Å². The molecule has 1 fully saturated rings. The summed E-state index contributed by atoms with van der Waals surface area (Å²) in [5.74, 6) is -0.577. The van der Waals surface area contributed by atoms with Crippen LogP contribution in [0.5, 0.6) is 0 Å². The van der Waals surface area contributed by atoms with Gasteiger partial charge in [-0.15, -0.1) is 0 Å². The van der Waals surface area contributed by atoms with E-state index in [1.54, 1.807) is 0 Å². The highest BCUT2D eigenvalue weighted by molar-refractivity contribution is 5.91. The molecular formula is C19H16N4O4. The number of carbonyl (C=O) groups is 1. The van der Waals surface area contributed by atoms with Gasteiger partial charge in [-0.2, -0.15) is 5.10 Å². The zero-order valence-electron chi connectivity index (χ0n) is 14.3. The summed E-state index contributed by atoms with van der Waals surface area (Å²) in [4.78, 5) is 27.4. The van der Waals surface area contributed by atoms with Crippen LogP contribution in [-0.4, -0.2) is 25.7 Å². The van der Waals surface area contributed by atoms with Crippen molar-refractivity contribution in [3.8, 4) is 5.69 Å². The lowest BCUT2D eigenvalue weighted by Gasteiger charge is -2.41. The third-order valence-electron chi connectivity index (χ3n) is 4.82. The largest absolute Gasteiger partial charge is 0.451 e. The van der Waals surface area contributed by atoms with Crippen LogP contribution < -0.4 is 0 Å². The molecule has 4 rings (SSSR count). The van der Waals surface area contributed by atoms with Gasteiger partial charge in [0.25, 0.3) is 5.69 Å². The minimum absolute atomic E-state index is 0.132. The number of nitro groups is 1. The minimum Gasteiger partial charge on any atom is -0.451 e. The van der Waals surface area contributed by atoms with Crippen molar-refractivity contribution in [2.45, 2.75) is 24.9 Å². The molecule has 1 aromatic heterocycles. The predicted octanol–water partition coefficient (Wildman–Crippen LogP) is 3.41. The summed E-state index contributed by atoms with van der Waals surface area (Å²) in [6, 6.07) is 13.8. The van der Waals surface area contributed by atoms with E-state index in [1.807, 2.05) is 30.3 Å². The minimum atomic E-state index is -0.655. The van der Waals surface area contributed by atoms with Gasteiger partial charge in [0.05, 0.1) is 10.5 Å². The van der Waals surface area contributed by atoms with Crippen LogP contribution in [0.1, 0.15) is 35.2 Å². The molecule has 0 bridgehead atoms. The molecule has 0 N–H and O–H groups in total. The standard InChI is InChI=1S/C19H16N4O4/c24-18(27-19(9-4-10-19)15-5-2-1-3-6-15)14-7-8-16(17(11-14)23(25)26)22-13-20-12-21-22/h1-3,5-8,11-13H,4,9-10H2. The number of nitro benzene ring substituents is 1. The molecule has 1 aliphatic rings. The average Bonchev–Trinajstić information content (AvgIpc) is 3.19. The quantitative estimate of drug-likeness (QED) is 0.391. The van der Waals surface area contributed by atoms with Gasteiger partial charge in [0.2, 0.25) is 0 Å². The topological polar surface area (TPSA) is 100 Å². The summed E-state index contributed by atoms with van der Waals surface area (Å²) in [6.45, 7) is 0. The van der Waals surface area contributed by atoms with Gasteiger partial charge in [0, 0.05) is 6.07 Å². The van der Waals surface area contributed by atoms with E-state index in [-0.39, 0.29) is 16.9 Å². The molecule has 0 radical (unpaired) electrons. The third-order valence-corrected chi connectivity index (χ3v) is 4.82. The monoisotopic (exact) mass is 364 g/mol. The fourth-order valence-electron chi connectivity index (χ4n) is 3.25. The Morgan fingerprint density at radius 1 is 1.19 bits per heavy atom. The molecule has 3 aromatic rings. The van der Waals surface area contributed by atoms with Gasteiger partial charge in [-0.1, -0.05) is 30.3 Å². The average molecular weight is 364 g/mol. The fourth-order valence-corrected chi connectivity index (χ4v) is 3.25. The molecule has 0 saturated heterocycles. The van der Waals surface area contributed by atoms with Gasteiger partial charge in [-0.05, 0) is 37.0 Å². The smallest absolute Gasteiger partial charge is 0.339 e. The molecule has 8 nitrogen and oxygen atoms in total. The van der Waals surface area contributed by atoms with Crippen LogP contribution in [0, 0.1) is 10.1 Å². The molecule has 8 heteroatoms. The molecule has 0 amide bonds. The summed E-state index contributed by atoms with van der Waals surface area (Å²) in [7, 11) is 0. The molecule has 27 heavy (non-hydrogen) atoms. The Morgan fingerprint density at radius 2 is 1.96 bits per heavy atom. The number of esters is 1. The maximum Gasteiger partial charge on any atom is 0.339 e. The van der Waals surface area contributed by atoms with E-state index in [9.17, 15) is 14.9 Å². The molecule has 0 unspecified atom stereocenters. The number of hydrogen-bond acceptors (Lipinski definition) is 6. The third kappa shape index (κ3) is 3.05. The Bertz CT molecular complexity index is 982. The summed E-state index contributed by atoms with van der Waals surface area (Å²) in [5, 5.41) is 15.4. The number of aromatic nitrogens is 3. The molecule has 1 heterocycles. The van der Waals surface area contributed by atoms with Gasteiger partial charge in [0.15, 0.2) is 0 Å². The van der Waals surface area contributed by atoms with Gasteiger partial charge in [0.1, 0.15) is 23.9 Å². The highest BCUT2D eigenvalue weighted by atomic mass is 16.6. The lowest BCUT2D eigenvalue weighted by Crippen LogP contribution is -2.39. The van der Waals surface area contributed by atoms with Crippen molar-refractivity contribution >= 4 is 11.7 Å². The normalized spacial score (nSPS) is 15.0. The second-order valence-corrected chi connectivity index (χ2v) is 6.40. The molecule has 0 atom stereocenters. The van der Waals surface area contributed by atoms with E-state index in [0.717, 1.165) is 24.8 Å². The summed E-state index contributed by atoms with van der Waals surface area (Å²) in [6.07, 6.45) is 5.09. The van der Waals surface area contributed by atoms with Gasteiger partial charge in [-0.3, -0.25) is 10.1 Å². The highest BCUT2D eigenvalue weighted by Gasteiger charge is 2.42. The van der Waals surface area contributed by atoms with Crippen LogP contribution in [-0.2, 0) is 10.3 Å². The maximum absolute atomic E-state index is 12.7. The second kappa shape index (κ2) is 6.64. The van der Waals surface area contributed by atoms with Crippen molar-refractivity contribution in [3.05, 3.63) is 82.4 Å². The second-order valence-electron chi connectivity index (χ2n) is 6.40. The van der Waals surface area contributed by atoms with Crippen LogP contribution >= 0.6 is 0 Å². The summed E-state index contributed by atoms with van der Waals surface area (Å²) < 4.78 is 7.10. The number of ether oxygens (including phenoxy) is 1. The van der Waals surface area contributed by atoms with E-state index in [2.05, 4.69) is 10.1 Å². The van der Waals surface area contributed by atoms with E-state index >= 15 is 0 Å². The number of carbonyl (C=O) groups excluding carboxylic acids is 1. The van der Waals surface area contributed by atoms with Crippen molar-refractivity contribution in [1.29, 1.82) is 0 Å². The molecule has 1 aliphatic carbocycles. The zero-order chi connectivity index (χ0) is 18.9. The van der Waals surface area contributed by atoms with Gasteiger partial charge < -0.3 is 4.74 Å². The lowest BCUT2D eigenvalue weighted by molar-refractivity contribution is -0.384. The molecule has 1 saturated carbocycles. The highest BCUT2D eigenvalue weighted by Crippen LogP contribution is 2.45.